The number of hydrogen-bond acceptors (Lipinski definition) is 2. The molecule has 0 saturated heterocycles. The lowest BCUT2D eigenvalue weighted by Crippen LogP contribution is -2.40. The van der Waals surface area contributed by atoms with Crippen molar-refractivity contribution in [2.45, 2.75) is 13.0 Å². The quantitative estimate of drug-likeness (QED) is 0.911. The molecule has 21 heavy (non-hydrogen) atoms. The minimum absolute atomic E-state index is 0.221. The Morgan fingerprint density at radius 2 is 1.62 bits per heavy atom. The number of benzene rings is 2. The zero-order valence-corrected chi connectivity index (χ0v) is 11.5. The van der Waals surface area contributed by atoms with Crippen molar-refractivity contribution >= 4 is 11.9 Å². The molecule has 0 bridgehead atoms. The summed E-state index contributed by atoms with van der Waals surface area (Å²) in [4.78, 5) is 23.6. The Labute approximate surface area is 122 Å². The van der Waals surface area contributed by atoms with Gasteiger partial charge in [0.1, 0.15) is 5.82 Å². The van der Waals surface area contributed by atoms with Crippen LogP contribution in [-0.2, 0) is 0 Å². The van der Waals surface area contributed by atoms with E-state index < -0.39 is 17.8 Å². The lowest BCUT2D eigenvalue weighted by molar-refractivity contribution is 0.0963. The molecule has 0 aromatic heterocycles. The molecule has 4 nitrogen and oxygen atoms in total. The second kappa shape index (κ2) is 6.65. The summed E-state index contributed by atoms with van der Waals surface area (Å²) in [6.07, 6.45) is 0. The molecule has 0 fully saturated rings. The van der Waals surface area contributed by atoms with Crippen molar-refractivity contribution in [1.29, 1.82) is 0 Å². The third-order valence-electron chi connectivity index (χ3n) is 2.98. The molecule has 0 aliphatic rings. The second-order valence-electron chi connectivity index (χ2n) is 4.57. The standard InChI is InChI=1S/C16H15FN2O2/c1-11(12-5-3-2-4-6-12)18-16(21)19-15(20)13-7-9-14(17)10-8-13/h2-11H,1H3,(H2,18,19,20,21). The van der Waals surface area contributed by atoms with Gasteiger partial charge in [-0.05, 0) is 36.8 Å². The lowest BCUT2D eigenvalue weighted by atomic mass is 10.1. The van der Waals surface area contributed by atoms with Crippen LogP contribution in [0.3, 0.4) is 0 Å². The van der Waals surface area contributed by atoms with Crippen LogP contribution in [0.25, 0.3) is 0 Å². The SMILES string of the molecule is CC(NC(=O)NC(=O)c1ccc(F)cc1)c1ccccc1. The van der Waals surface area contributed by atoms with Crippen LogP contribution in [0.5, 0.6) is 0 Å². The Kier molecular flexibility index (Phi) is 4.66. The molecular weight excluding hydrogens is 271 g/mol. The Balaban J connectivity index is 1.92. The van der Waals surface area contributed by atoms with Crippen LogP contribution >= 0.6 is 0 Å². The van der Waals surface area contributed by atoms with E-state index in [1.165, 1.54) is 24.3 Å². The molecule has 2 N–H and O–H groups in total. The van der Waals surface area contributed by atoms with Gasteiger partial charge in [-0.15, -0.1) is 0 Å². The number of nitrogens with one attached hydrogen (secondary N) is 2. The molecule has 2 aromatic carbocycles. The Hall–Kier alpha value is -2.69. The third-order valence-corrected chi connectivity index (χ3v) is 2.98. The van der Waals surface area contributed by atoms with E-state index in [0.717, 1.165) is 5.56 Å². The molecule has 5 heteroatoms. The van der Waals surface area contributed by atoms with Crippen LogP contribution in [-0.4, -0.2) is 11.9 Å². The summed E-state index contributed by atoms with van der Waals surface area (Å²) in [5.74, 6) is -1.01. The van der Waals surface area contributed by atoms with E-state index in [1.807, 2.05) is 37.3 Å². The normalized spacial score (nSPS) is 11.5. The first-order valence-corrected chi connectivity index (χ1v) is 6.48. The van der Waals surface area contributed by atoms with E-state index in [1.54, 1.807) is 0 Å². The van der Waals surface area contributed by atoms with Gasteiger partial charge in [0.15, 0.2) is 0 Å². The average Bonchev–Trinajstić information content (AvgIpc) is 2.48. The zero-order valence-electron chi connectivity index (χ0n) is 11.5. The van der Waals surface area contributed by atoms with Gasteiger partial charge in [-0.25, -0.2) is 9.18 Å². The van der Waals surface area contributed by atoms with Crippen LogP contribution in [0, 0.1) is 5.82 Å². The maximum Gasteiger partial charge on any atom is 0.322 e. The first-order valence-electron chi connectivity index (χ1n) is 6.48. The monoisotopic (exact) mass is 286 g/mol. The minimum Gasteiger partial charge on any atom is -0.331 e. The topological polar surface area (TPSA) is 58.2 Å². The summed E-state index contributed by atoms with van der Waals surface area (Å²) in [7, 11) is 0. The summed E-state index contributed by atoms with van der Waals surface area (Å²) in [6, 6.07) is 13.5. The van der Waals surface area contributed by atoms with Crippen molar-refractivity contribution < 1.29 is 14.0 Å². The second-order valence-corrected chi connectivity index (χ2v) is 4.57. The van der Waals surface area contributed by atoms with Crippen molar-refractivity contribution in [3.05, 3.63) is 71.5 Å². The Morgan fingerprint density at radius 1 is 1.00 bits per heavy atom. The zero-order chi connectivity index (χ0) is 15.2. The van der Waals surface area contributed by atoms with E-state index in [0.29, 0.717) is 0 Å². The van der Waals surface area contributed by atoms with Gasteiger partial charge >= 0.3 is 6.03 Å². The molecule has 2 aromatic rings. The number of urea groups is 1. The lowest BCUT2D eigenvalue weighted by Gasteiger charge is -2.14. The largest absolute Gasteiger partial charge is 0.331 e. The number of amides is 3. The number of carbonyl (C=O) groups excluding carboxylic acids is 2. The smallest absolute Gasteiger partial charge is 0.322 e. The molecular formula is C16H15FN2O2. The van der Waals surface area contributed by atoms with Crippen LogP contribution in [0.1, 0.15) is 28.9 Å². The van der Waals surface area contributed by atoms with E-state index in [9.17, 15) is 14.0 Å². The predicted molar refractivity (Wildman–Crippen MR) is 77.3 cm³/mol. The molecule has 3 amide bonds. The van der Waals surface area contributed by atoms with Crippen LogP contribution in [0.15, 0.2) is 54.6 Å². The van der Waals surface area contributed by atoms with Crippen LogP contribution in [0.2, 0.25) is 0 Å². The molecule has 2 rings (SSSR count). The Bertz CT molecular complexity index is 626. The molecule has 0 aliphatic heterocycles. The highest BCUT2D eigenvalue weighted by atomic mass is 19.1. The van der Waals surface area contributed by atoms with E-state index >= 15 is 0 Å². The number of halogens is 1. The van der Waals surface area contributed by atoms with Gasteiger partial charge in [-0.1, -0.05) is 30.3 Å². The van der Waals surface area contributed by atoms with Gasteiger partial charge in [-0.2, -0.15) is 0 Å². The van der Waals surface area contributed by atoms with Crippen LogP contribution in [0.4, 0.5) is 9.18 Å². The average molecular weight is 286 g/mol. The van der Waals surface area contributed by atoms with Crippen molar-refractivity contribution in [2.75, 3.05) is 0 Å². The molecule has 0 saturated carbocycles. The van der Waals surface area contributed by atoms with Gasteiger partial charge in [0.05, 0.1) is 6.04 Å². The van der Waals surface area contributed by atoms with Gasteiger partial charge < -0.3 is 5.32 Å². The maximum absolute atomic E-state index is 12.8. The number of imide groups is 1. The first kappa shape index (κ1) is 14.7. The fourth-order valence-corrected chi connectivity index (χ4v) is 1.83. The number of rotatable bonds is 3. The Morgan fingerprint density at radius 3 is 2.24 bits per heavy atom. The van der Waals surface area contributed by atoms with Crippen molar-refractivity contribution in [2.24, 2.45) is 0 Å². The summed E-state index contributed by atoms with van der Waals surface area (Å²) in [5, 5.41) is 4.87. The van der Waals surface area contributed by atoms with Gasteiger partial charge in [0.2, 0.25) is 0 Å². The highest BCUT2D eigenvalue weighted by molar-refractivity contribution is 6.04. The summed E-state index contributed by atoms with van der Waals surface area (Å²) in [5.41, 5.74) is 1.15. The van der Waals surface area contributed by atoms with Gasteiger partial charge in [0.25, 0.3) is 5.91 Å². The van der Waals surface area contributed by atoms with Crippen molar-refractivity contribution in [1.82, 2.24) is 10.6 Å². The highest BCUT2D eigenvalue weighted by Crippen LogP contribution is 2.10. The van der Waals surface area contributed by atoms with Gasteiger partial charge in [-0.3, -0.25) is 10.1 Å². The third kappa shape index (κ3) is 4.14. The maximum atomic E-state index is 12.8. The molecule has 0 aliphatic carbocycles. The van der Waals surface area contributed by atoms with E-state index in [4.69, 9.17) is 0 Å². The number of hydrogen-bond donors (Lipinski definition) is 2. The van der Waals surface area contributed by atoms with Crippen molar-refractivity contribution in [3.63, 3.8) is 0 Å². The van der Waals surface area contributed by atoms with Crippen molar-refractivity contribution in [3.8, 4) is 0 Å². The fraction of sp³-hybridized carbons (Fsp3) is 0.125. The highest BCUT2D eigenvalue weighted by Gasteiger charge is 2.13. The molecule has 1 atom stereocenters. The van der Waals surface area contributed by atoms with Gasteiger partial charge in [0, 0.05) is 5.56 Å². The summed E-state index contributed by atoms with van der Waals surface area (Å²) >= 11 is 0. The minimum atomic E-state index is -0.597. The summed E-state index contributed by atoms with van der Waals surface area (Å²) < 4.78 is 12.8. The molecule has 1 unspecified atom stereocenters. The van der Waals surface area contributed by atoms with Crippen LogP contribution < -0.4 is 10.6 Å². The summed E-state index contributed by atoms with van der Waals surface area (Å²) in [6.45, 7) is 1.82. The molecule has 108 valence electrons. The van der Waals surface area contributed by atoms with E-state index in [2.05, 4.69) is 10.6 Å². The number of carbonyl (C=O) groups is 2. The first-order chi connectivity index (χ1) is 10.1. The fourth-order valence-electron chi connectivity index (χ4n) is 1.83. The van der Waals surface area contributed by atoms with E-state index in [-0.39, 0.29) is 11.6 Å². The molecule has 0 heterocycles. The predicted octanol–water partition coefficient (Wildman–Crippen LogP) is 3.03. The molecule has 0 spiro atoms. The molecule has 0 radical (unpaired) electrons.